The molecule has 1 atom stereocenters. The quantitative estimate of drug-likeness (QED) is 0.571. The zero-order chi connectivity index (χ0) is 21.1. The summed E-state index contributed by atoms with van der Waals surface area (Å²) in [5.41, 5.74) is 1.23. The van der Waals surface area contributed by atoms with E-state index in [1.807, 2.05) is 30.3 Å². The number of carbonyl (C=O) groups excluding carboxylic acids is 1. The number of halogens is 3. The van der Waals surface area contributed by atoms with Crippen molar-refractivity contribution in [2.75, 3.05) is 0 Å². The van der Waals surface area contributed by atoms with Crippen molar-refractivity contribution >= 4 is 17.7 Å². The molecule has 1 aromatic heterocycles. The number of amides is 1. The van der Waals surface area contributed by atoms with Crippen molar-refractivity contribution < 1.29 is 22.7 Å². The van der Waals surface area contributed by atoms with E-state index in [0.717, 1.165) is 18.4 Å². The number of thioether (sulfide) groups is 1. The van der Waals surface area contributed by atoms with Crippen molar-refractivity contribution in [2.45, 2.75) is 35.7 Å². The minimum absolute atomic E-state index is 0.142. The van der Waals surface area contributed by atoms with Crippen LogP contribution in [0.2, 0.25) is 0 Å². The molecule has 4 rings (SSSR count). The first-order valence-electron chi connectivity index (χ1n) is 9.05. The summed E-state index contributed by atoms with van der Waals surface area (Å²) in [4.78, 5) is 12.8. The Bertz CT molecular complexity index is 1010. The molecule has 0 unspecified atom stereocenters. The largest absolute Gasteiger partial charge is 0.573 e. The van der Waals surface area contributed by atoms with Gasteiger partial charge in [0.1, 0.15) is 11.0 Å². The number of hydrogen-bond donors (Lipinski definition) is 1. The average molecular weight is 435 g/mol. The summed E-state index contributed by atoms with van der Waals surface area (Å²) in [7, 11) is 0. The van der Waals surface area contributed by atoms with E-state index in [9.17, 15) is 18.0 Å². The molecule has 7 nitrogen and oxygen atoms in total. The lowest BCUT2D eigenvalue weighted by molar-refractivity contribution is -0.274. The molecule has 0 aliphatic heterocycles. The number of hydrogen-bond acceptors (Lipinski definition) is 6. The Morgan fingerprint density at radius 1 is 1.13 bits per heavy atom. The van der Waals surface area contributed by atoms with Crippen LogP contribution in [0.4, 0.5) is 13.2 Å². The highest BCUT2D eigenvalue weighted by molar-refractivity contribution is 8.00. The SMILES string of the molecule is O=C(NC1CC1)[C@@H](Sc1nnnn1-c1ccc(OC(F)(F)F)cc1)c1ccccc1. The van der Waals surface area contributed by atoms with Crippen LogP contribution in [0.25, 0.3) is 5.69 Å². The normalized spacial score (nSPS) is 14.9. The highest BCUT2D eigenvalue weighted by Gasteiger charge is 2.32. The topological polar surface area (TPSA) is 81.9 Å². The minimum Gasteiger partial charge on any atom is -0.406 e. The Balaban J connectivity index is 1.57. The number of nitrogens with one attached hydrogen (secondary N) is 1. The van der Waals surface area contributed by atoms with Gasteiger partial charge in [0.25, 0.3) is 0 Å². The van der Waals surface area contributed by atoms with Crippen LogP contribution in [0, 0.1) is 0 Å². The van der Waals surface area contributed by atoms with Gasteiger partial charge in [0, 0.05) is 6.04 Å². The highest BCUT2D eigenvalue weighted by Crippen LogP contribution is 2.36. The zero-order valence-corrected chi connectivity index (χ0v) is 16.2. The first-order chi connectivity index (χ1) is 14.4. The van der Waals surface area contributed by atoms with Crippen LogP contribution in [0.15, 0.2) is 59.8 Å². The highest BCUT2D eigenvalue weighted by atomic mass is 32.2. The number of rotatable bonds is 7. The number of ether oxygens (including phenoxy) is 1. The molecule has 2 aromatic carbocycles. The van der Waals surface area contributed by atoms with Crippen LogP contribution in [0.1, 0.15) is 23.7 Å². The Kier molecular flexibility index (Phi) is 5.62. The van der Waals surface area contributed by atoms with Gasteiger partial charge in [-0.25, -0.2) is 0 Å². The molecule has 1 aliphatic carbocycles. The van der Waals surface area contributed by atoms with Gasteiger partial charge in [-0.15, -0.1) is 18.3 Å². The first kappa shape index (κ1) is 20.2. The van der Waals surface area contributed by atoms with E-state index in [2.05, 4.69) is 25.6 Å². The number of benzene rings is 2. The summed E-state index contributed by atoms with van der Waals surface area (Å²) in [5.74, 6) is -0.489. The lowest BCUT2D eigenvalue weighted by atomic mass is 10.1. The Morgan fingerprint density at radius 2 is 1.83 bits per heavy atom. The molecule has 1 aliphatic rings. The van der Waals surface area contributed by atoms with Crippen LogP contribution in [-0.4, -0.2) is 38.5 Å². The fourth-order valence-corrected chi connectivity index (χ4v) is 3.72. The van der Waals surface area contributed by atoms with Crippen LogP contribution >= 0.6 is 11.8 Å². The standard InChI is InChI=1S/C19H16F3N5O2S/c20-19(21,22)29-15-10-8-14(9-11-15)27-18(24-25-26-27)30-16(12-4-2-1-3-5-12)17(28)23-13-6-7-13/h1-5,8-11,13,16H,6-7H2,(H,23,28)/t16-/m0/s1. The predicted molar refractivity (Wildman–Crippen MR) is 102 cm³/mol. The molecule has 156 valence electrons. The van der Waals surface area contributed by atoms with E-state index >= 15 is 0 Å². The zero-order valence-electron chi connectivity index (χ0n) is 15.4. The van der Waals surface area contributed by atoms with E-state index in [-0.39, 0.29) is 17.7 Å². The molecule has 0 bridgehead atoms. The summed E-state index contributed by atoms with van der Waals surface area (Å²) < 4.78 is 42.3. The van der Waals surface area contributed by atoms with Gasteiger partial charge >= 0.3 is 6.36 Å². The fraction of sp³-hybridized carbons (Fsp3) is 0.263. The Hall–Kier alpha value is -3.08. The lowest BCUT2D eigenvalue weighted by Gasteiger charge is -2.16. The van der Waals surface area contributed by atoms with Gasteiger partial charge in [0.2, 0.25) is 11.1 Å². The van der Waals surface area contributed by atoms with Crippen LogP contribution in [0.5, 0.6) is 5.75 Å². The van der Waals surface area contributed by atoms with Crippen LogP contribution in [0.3, 0.4) is 0 Å². The van der Waals surface area contributed by atoms with Gasteiger partial charge < -0.3 is 10.1 Å². The number of nitrogens with zero attached hydrogens (tertiary/aromatic N) is 4. The molecule has 1 amide bonds. The molecule has 1 saturated carbocycles. The molecule has 11 heteroatoms. The van der Waals surface area contributed by atoms with Crippen molar-refractivity contribution in [3.05, 3.63) is 60.2 Å². The fourth-order valence-electron chi connectivity index (χ4n) is 2.71. The monoisotopic (exact) mass is 435 g/mol. The molecule has 3 aromatic rings. The van der Waals surface area contributed by atoms with E-state index in [0.29, 0.717) is 10.8 Å². The van der Waals surface area contributed by atoms with Crippen LogP contribution < -0.4 is 10.1 Å². The Labute approximate surface area is 173 Å². The third-order valence-electron chi connectivity index (χ3n) is 4.24. The second kappa shape index (κ2) is 8.34. The molecule has 1 fully saturated rings. The summed E-state index contributed by atoms with van der Waals surface area (Å²) in [6, 6.07) is 14.6. The molecular weight excluding hydrogens is 419 g/mol. The third kappa shape index (κ3) is 5.09. The maximum Gasteiger partial charge on any atom is 0.573 e. The third-order valence-corrected chi connectivity index (χ3v) is 5.43. The molecule has 0 spiro atoms. The van der Waals surface area contributed by atoms with Crippen molar-refractivity contribution in [1.29, 1.82) is 0 Å². The summed E-state index contributed by atoms with van der Waals surface area (Å²) in [6.07, 6.45) is -2.85. The first-order valence-corrected chi connectivity index (χ1v) is 9.93. The van der Waals surface area contributed by atoms with Gasteiger partial charge in [0.05, 0.1) is 5.69 Å². The van der Waals surface area contributed by atoms with Gasteiger partial charge in [0.15, 0.2) is 0 Å². The van der Waals surface area contributed by atoms with Gasteiger partial charge in [-0.05, 0) is 53.1 Å². The average Bonchev–Trinajstić information content (AvgIpc) is 3.40. The van der Waals surface area contributed by atoms with Crippen molar-refractivity contribution in [2.24, 2.45) is 0 Å². The van der Waals surface area contributed by atoms with Crippen molar-refractivity contribution in [1.82, 2.24) is 25.5 Å². The predicted octanol–water partition coefficient (Wildman–Crippen LogP) is 3.67. The molecule has 1 heterocycles. The lowest BCUT2D eigenvalue weighted by Crippen LogP contribution is -2.29. The molecule has 1 N–H and O–H groups in total. The number of carbonyl (C=O) groups is 1. The van der Waals surface area contributed by atoms with Crippen molar-refractivity contribution in [3.8, 4) is 11.4 Å². The molecular formula is C19H16F3N5O2S. The number of alkyl halides is 3. The van der Waals surface area contributed by atoms with E-state index in [1.165, 1.54) is 40.7 Å². The second-order valence-corrected chi connectivity index (χ2v) is 7.68. The van der Waals surface area contributed by atoms with Crippen LogP contribution in [-0.2, 0) is 4.79 Å². The maximum atomic E-state index is 12.8. The number of aromatic nitrogens is 4. The Morgan fingerprint density at radius 3 is 2.47 bits per heavy atom. The van der Waals surface area contributed by atoms with E-state index in [1.54, 1.807) is 0 Å². The molecule has 0 saturated heterocycles. The summed E-state index contributed by atoms with van der Waals surface area (Å²) >= 11 is 1.17. The second-order valence-electron chi connectivity index (χ2n) is 6.61. The van der Waals surface area contributed by atoms with Crippen molar-refractivity contribution in [3.63, 3.8) is 0 Å². The molecule has 30 heavy (non-hydrogen) atoms. The van der Waals surface area contributed by atoms with Gasteiger partial charge in [-0.3, -0.25) is 4.79 Å². The van der Waals surface area contributed by atoms with Gasteiger partial charge in [-0.2, -0.15) is 4.68 Å². The summed E-state index contributed by atoms with van der Waals surface area (Å²) in [5, 5.41) is 14.3. The molecule has 0 radical (unpaired) electrons. The van der Waals surface area contributed by atoms with Gasteiger partial charge in [-0.1, -0.05) is 42.1 Å². The maximum absolute atomic E-state index is 12.8. The number of tetrazole rings is 1. The minimum atomic E-state index is -4.77. The smallest absolute Gasteiger partial charge is 0.406 e. The van der Waals surface area contributed by atoms with E-state index in [4.69, 9.17) is 0 Å². The summed E-state index contributed by atoms with van der Waals surface area (Å²) in [6.45, 7) is 0. The van der Waals surface area contributed by atoms with E-state index < -0.39 is 11.6 Å².